The van der Waals surface area contributed by atoms with Crippen LogP contribution in [0.2, 0.25) is 0 Å². The van der Waals surface area contributed by atoms with Crippen LogP contribution in [-0.2, 0) is 9.47 Å². The zero-order chi connectivity index (χ0) is 15.0. The molecule has 0 bridgehead atoms. The zero-order valence-electron chi connectivity index (χ0n) is 12.1. The summed E-state index contributed by atoms with van der Waals surface area (Å²) in [5.74, 6) is 0.565. The quantitative estimate of drug-likeness (QED) is 0.904. The Kier molecular flexibility index (Phi) is 3.24. The van der Waals surface area contributed by atoms with Gasteiger partial charge in [-0.15, -0.1) is 0 Å². The molecule has 1 unspecified atom stereocenters. The second kappa shape index (κ2) is 5.26. The number of nitrogens with zero attached hydrogens (tertiary/aromatic N) is 2. The maximum Gasteiger partial charge on any atom is 0.275 e. The van der Waals surface area contributed by atoms with E-state index in [1.165, 1.54) is 0 Å². The van der Waals surface area contributed by atoms with Crippen LogP contribution >= 0.6 is 0 Å². The topological polar surface area (TPSA) is 80.6 Å². The van der Waals surface area contributed by atoms with E-state index in [9.17, 15) is 4.79 Å². The van der Waals surface area contributed by atoms with Gasteiger partial charge in [-0.1, -0.05) is 0 Å². The fourth-order valence-corrected chi connectivity index (χ4v) is 3.10. The minimum atomic E-state index is -0.348. The first-order chi connectivity index (χ1) is 10.8. The van der Waals surface area contributed by atoms with Gasteiger partial charge in [-0.05, 0) is 18.6 Å². The summed E-state index contributed by atoms with van der Waals surface area (Å²) in [4.78, 5) is 14.7. The van der Waals surface area contributed by atoms with Crippen molar-refractivity contribution in [2.24, 2.45) is 0 Å². The van der Waals surface area contributed by atoms with Gasteiger partial charge in [0.25, 0.3) is 5.91 Å². The minimum absolute atomic E-state index is 0.0946. The number of nitrogens with one attached hydrogen (secondary N) is 1. The molecule has 2 fully saturated rings. The summed E-state index contributed by atoms with van der Waals surface area (Å²) in [5.41, 5.74) is 0.733. The number of H-pyrrole nitrogens is 1. The number of carbonyl (C=O) groups excluding carboxylic acids is 1. The van der Waals surface area contributed by atoms with E-state index in [1.807, 2.05) is 11.0 Å². The van der Waals surface area contributed by atoms with Gasteiger partial charge in [-0.3, -0.25) is 9.89 Å². The van der Waals surface area contributed by atoms with E-state index in [2.05, 4.69) is 10.2 Å². The fourth-order valence-electron chi connectivity index (χ4n) is 3.10. The molecule has 2 aliphatic heterocycles. The maximum atomic E-state index is 12.8. The lowest BCUT2D eigenvalue weighted by Crippen LogP contribution is -2.59. The SMILES string of the molecule is O=C(c1cc(-c2ccco2)[nH]n1)N1CCOCC12CCOC2. The van der Waals surface area contributed by atoms with Crippen molar-refractivity contribution in [3.05, 3.63) is 30.2 Å². The maximum absolute atomic E-state index is 12.8. The highest BCUT2D eigenvalue weighted by molar-refractivity contribution is 5.94. The highest BCUT2D eigenvalue weighted by Gasteiger charge is 2.46. The molecule has 7 heteroatoms. The first kappa shape index (κ1) is 13.5. The third-order valence-corrected chi connectivity index (χ3v) is 4.31. The van der Waals surface area contributed by atoms with Crippen molar-refractivity contribution in [1.29, 1.82) is 0 Å². The molecule has 2 saturated heterocycles. The number of aromatic nitrogens is 2. The predicted molar refractivity (Wildman–Crippen MR) is 76.3 cm³/mol. The van der Waals surface area contributed by atoms with E-state index in [0.29, 0.717) is 50.1 Å². The highest BCUT2D eigenvalue weighted by Crippen LogP contribution is 2.31. The summed E-state index contributed by atoms with van der Waals surface area (Å²) in [7, 11) is 0. The molecule has 0 aliphatic carbocycles. The Morgan fingerprint density at radius 2 is 2.18 bits per heavy atom. The number of hydrogen-bond donors (Lipinski definition) is 1. The van der Waals surface area contributed by atoms with E-state index >= 15 is 0 Å². The molecule has 4 rings (SSSR count). The van der Waals surface area contributed by atoms with Crippen molar-refractivity contribution in [3.63, 3.8) is 0 Å². The van der Waals surface area contributed by atoms with Crippen LogP contribution in [0.25, 0.3) is 11.5 Å². The van der Waals surface area contributed by atoms with E-state index in [1.54, 1.807) is 18.4 Å². The van der Waals surface area contributed by atoms with Crippen LogP contribution in [0.5, 0.6) is 0 Å². The van der Waals surface area contributed by atoms with Crippen LogP contribution in [-0.4, -0.2) is 59.5 Å². The van der Waals surface area contributed by atoms with E-state index in [-0.39, 0.29) is 11.4 Å². The Morgan fingerprint density at radius 1 is 1.32 bits per heavy atom. The monoisotopic (exact) mass is 303 g/mol. The highest BCUT2D eigenvalue weighted by atomic mass is 16.5. The van der Waals surface area contributed by atoms with Crippen LogP contribution in [0.1, 0.15) is 16.9 Å². The summed E-state index contributed by atoms with van der Waals surface area (Å²) < 4.78 is 16.4. The third-order valence-electron chi connectivity index (χ3n) is 4.31. The molecule has 1 amide bonds. The Balaban J connectivity index is 1.60. The fraction of sp³-hybridized carbons (Fsp3) is 0.467. The zero-order valence-corrected chi connectivity index (χ0v) is 12.1. The van der Waals surface area contributed by atoms with Crippen molar-refractivity contribution >= 4 is 5.91 Å². The van der Waals surface area contributed by atoms with E-state index in [4.69, 9.17) is 13.9 Å². The molecule has 4 heterocycles. The van der Waals surface area contributed by atoms with Crippen molar-refractivity contribution in [3.8, 4) is 11.5 Å². The van der Waals surface area contributed by atoms with Gasteiger partial charge < -0.3 is 18.8 Å². The summed E-state index contributed by atoms with van der Waals surface area (Å²) in [6.45, 7) is 2.81. The first-order valence-corrected chi connectivity index (χ1v) is 7.35. The Bertz CT molecular complexity index is 658. The summed E-state index contributed by atoms with van der Waals surface area (Å²) in [6, 6.07) is 5.34. The number of aromatic amines is 1. The smallest absolute Gasteiger partial charge is 0.275 e. The molecule has 2 aromatic heterocycles. The van der Waals surface area contributed by atoms with Crippen LogP contribution in [0.4, 0.5) is 0 Å². The molecule has 1 N–H and O–H groups in total. The molecule has 1 atom stereocenters. The van der Waals surface area contributed by atoms with Gasteiger partial charge in [0.15, 0.2) is 11.5 Å². The summed E-state index contributed by atoms with van der Waals surface area (Å²) in [5, 5.41) is 7.00. The van der Waals surface area contributed by atoms with Gasteiger partial charge >= 0.3 is 0 Å². The third kappa shape index (κ3) is 2.13. The van der Waals surface area contributed by atoms with Crippen molar-refractivity contribution in [2.75, 3.05) is 33.0 Å². The van der Waals surface area contributed by atoms with Crippen LogP contribution in [0.3, 0.4) is 0 Å². The number of furan rings is 1. The molecule has 2 aliphatic rings. The molecular formula is C15H17N3O4. The van der Waals surface area contributed by atoms with Gasteiger partial charge in [0.2, 0.25) is 0 Å². The van der Waals surface area contributed by atoms with Crippen LogP contribution in [0.15, 0.2) is 28.9 Å². The van der Waals surface area contributed by atoms with E-state index < -0.39 is 0 Å². The molecule has 1 spiro atoms. The van der Waals surface area contributed by atoms with Crippen molar-refractivity contribution in [1.82, 2.24) is 15.1 Å². The molecule has 116 valence electrons. The molecule has 7 nitrogen and oxygen atoms in total. The number of ether oxygens (including phenoxy) is 2. The summed E-state index contributed by atoms with van der Waals surface area (Å²) in [6.07, 6.45) is 2.39. The van der Waals surface area contributed by atoms with Gasteiger partial charge in [-0.2, -0.15) is 5.10 Å². The lowest BCUT2D eigenvalue weighted by atomic mass is 9.95. The molecule has 22 heavy (non-hydrogen) atoms. The Hall–Kier alpha value is -2.12. The number of hydrogen-bond acceptors (Lipinski definition) is 5. The average Bonchev–Trinajstić information content (AvgIpc) is 3.28. The predicted octanol–water partition coefficient (Wildman–Crippen LogP) is 1.30. The minimum Gasteiger partial charge on any atom is -0.463 e. The van der Waals surface area contributed by atoms with Gasteiger partial charge in [0.1, 0.15) is 5.69 Å². The van der Waals surface area contributed by atoms with Gasteiger partial charge in [-0.25, -0.2) is 0 Å². The largest absolute Gasteiger partial charge is 0.463 e. The molecular weight excluding hydrogens is 286 g/mol. The number of rotatable bonds is 2. The molecule has 0 radical (unpaired) electrons. The van der Waals surface area contributed by atoms with Crippen molar-refractivity contribution in [2.45, 2.75) is 12.0 Å². The second-order valence-corrected chi connectivity index (χ2v) is 5.68. The molecule has 2 aromatic rings. The standard InChI is InChI=1S/C15H17N3O4/c19-14(12-8-11(16-17-12)13-2-1-5-22-13)18-4-7-21-10-15(18)3-6-20-9-15/h1-2,5,8H,3-4,6-7,9-10H2,(H,16,17). The normalized spacial score (nSPS) is 25.0. The van der Waals surface area contributed by atoms with Crippen LogP contribution in [0, 0.1) is 0 Å². The average molecular weight is 303 g/mol. The lowest BCUT2D eigenvalue weighted by molar-refractivity contribution is -0.0553. The Labute approximate surface area is 127 Å². The van der Waals surface area contributed by atoms with Crippen molar-refractivity contribution < 1.29 is 18.7 Å². The number of carbonyl (C=O) groups is 1. The Morgan fingerprint density at radius 3 is 2.95 bits per heavy atom. The molecule has 0 saturated carbocycles. The number of amides is 1. The van der Waals surface area contributed by atoms with E-state index in [0.717, 1.165) is 6.42 Å². The van der Waals surface area contributed by atoms with Gasteiger partial charge in [0, 0.05) is 19.2 Å². The summed E-state index contributed by atoms with van der Waals surface area (Å²) >= 11 is 0. The van der Waals surface area contributed by atoms with Gasteiger partial charge in [0.05, 0.1) is 31.6 Å². The first-order valence-electron chi connectivity index (χ1n) is 7.35. The van der Waals surface area contributed by atoms with Crippen LogP contribution < -0.4 is 0 Å². The lowest BCUT2D eigenvalue weighted by Gasteiger charge is -2.43. The number of morpholine rings is 1. The second-order valence-electron chi connectivity index (χ2n) is 5.68. The molecule has 0 aromatic carbocycles.